The van der Waals surface area contributed by atoms with Gasteiger partial charge in [0.25, 0.3) is 0 Å². The van der Waals surface area contributed by atoms with Crippen LogP contribution in [-0.2, 0) is 9.59 Å². The molecule has 2 fully saturated rings. The molecule has 0 spiro atoms. The first-order chi connectivity index (χ1) is 16.8. The van der Waals surface area contributed by atoms with Gasteiger partial charge in [-0.15, -0.1) is 0 Å². The first-order valence-electron chi connectivity index (χ1n) is 14.0. The monoisotopic (exact) mass is 484 g/mol. The molecule has 196 valence electrons. The molecule has 1 aromatic rings. The Labute approximate surface area is 213 Å². The van der Waals surface area contributed by atoms with E-state index in [2.05, 4.69) is 48.3 Å². The number of carbonyl (C=O) groups is 2. The number of hydrogen-bond acceptors (Lipinski definition) is 4. The summed E-state index contributed by atoms with van der Waals surface area (Å²) < 4.78 is 0. The van der Waals surface area contributed by atoms with Gasteiger partial charge in [-0.2, -0.15) is 0 Å². The highest BCUT2D eigenvalue weighted by molar-refractivity contribution is 5.78. The van der Waals surface area contributed by atoms with Crippen LogP contribution in [0.1, 0.15) is 85.0 Å². The lowest BCUT2D eigenvalue weighted by Gasteiger charge is -2.40. The van der Waals surface area contributed by atoms with Crippen LogP contribution in [0.15, 0.2) is 24.3 Å². The second-order valence-corrected chi connectivity index (χ2v) is 11.4. The van der Waals surface area contributed by atoms with Crippen molar-refractivity contribution < 1.29 is 9.59 Å². The Kier molecular flexibility index (Phi) is 10.7. The van der Waals surface area contributed by atoms with Crippen molar-refractivity contribution in [1.82, 2.24) is 4.90 Å². The number of rotatable bonds is 12. The Balaban J connectivity index is 1.55. The normalized spacial score (nSPS) is 18.5. The average Bonchev–Trinajstić information content (AvgIpc) is 2.84. The number of nitrogens with one attached hydrogen (secondary N) is 1. The van der Waals surface area contributed by atoms with E-state index < -0.39 is 0 Å². The quantitative estimate of drug-likeness (QED) is 0.415. The van der Waals surface area contributed by atoms with Crippen molar-refractivity contribution >= 4 is 23.2 Å². The molecular weight excluding hydrogens is 436 g/mol. The third-order valence-electron chi connectivity index (χ3n) is 7.80. The molecule has 2 aliphatic rings. The van der Waals surface area contributed by atoms with Gasteiger partial charge in [-0.05, 0) is 74.1 Å². The van der Waals surface area contributed by atoms with Gasteiger partial charge in [0.2, 0.25) is 11.8 Å². The molecule has 0 bridgehead atoms. The fraction of sp³-hybridized carbons (Fsp3) is 0.724. The topological polar surface area (TPSA) is 78.7 Å². The van der Waals surface area contributed by atoms with Crippen molar-refractivity contribution in [2.75, 3.05) is 36.4 Å². The Hall–Kier alpha value is -2.24. The number of amides is 2. The van der Waals surface area contributed by atoms with E-state index in [0.29, 0.717) is 18.4 Å². The fourth-order valence-corrected chi connectivity index (χ4v) is 5.61. The molecule has 2 amide bonds. The molecule has 1 aliphatic heterocycles. The van der Waals surface area contributed by atoms with E-state index in [9.17, 15) is 9.59 Å². The molecule has 1 unspecified atom stereocenters. The molecule has 1 saturated heterocycles. The number of piperidine rings is 1. The number of likely N-dealkylation sites (tertiary alicyclic amines) is 1. The van der Waals surface area contributed by atoms with Crippen molar-refractivity contribution in [3.8, 4) is 0 Å². The maximum absolute atomic E-state index is 12.7. The number of hydrogen-bond donors (Lipinski definition) is 2. The van der Waals surface area contributed by atoms with Gasteiger partial charge in [-0.1, -0.05) is 40.0 Å². The summed E-state index contributed by atoms with van der Waals surface area (Å²) in [6.07, 6.45) is 10.7. The van der Waals surface area contributed by atoms with Gasteiger partial charge in [0, 0.05) is 56.4 Å². The van der Waals surface area contributed by atoms with Crippen LogP contribution in [0, 0.1) is 17.8 Å². The third-order valence-corrected chi connectivity index (χ3v) is 7.80. The number of nitrogens with two attached hydrogens (primary N) is 1. The van der Waals surface area contributed by atoms with E-state index in [-0.39, 0.29) is 24.2 Å². The van der Waals surface area contributed by atoms with Gasteiger partial charge >= 0.3 is 0 Å². The highest BCUT2D eigenvalue weighted by atomic mass is 16.2. The molecule has 0 radical (unpaired) electrons. The van der Waals surface area contributed by atoms with Crippen LogP contribution in [0.3, 0.4) is 0 Å². The van der Waals surface area contributed by atoms with Crippen LogP contribution in [0.4, 0.5) is 11.4 Å². The SMILES string of the molecule is CC(C)CCN(c1ccc(NCC2CCCCC2)cc1)C1CCN(C(=O)CC(C)CC(N)=O)CC1. The summed E-state index contributed by atoms with van der Waals surface area (Å²) in [5, 5.41) is 3.66. The Morgan fingerprint density at radius 1 is 1.00 bits per heavy atom. The molecule has 1 aromatic carbocycles. The zero-order valence-corrected chi connectivity index (χ0v) is 22.3. The standard InChI is InChI=1S/C29H48N4O2/c1-22(2)13-18-33(26-11-9-25(10-12-26)31-21-24-7-5-4-6-8-24)27-14-16-32(17-15-27)29(35)20-23(3)19-28(30)34/h9-12,22-24,27,31H,4-8,13-21H2,1-3H3,(H2,30,34). The third kappa shape index (κ3) is 9.05. The van der Waals surface area contributed by atoms with Gasteiger partial charge < -0.3 is 20.9 Å². The summed E-state index contributed by atoms with van der Waals surface area (Å²) in [5.41, 5.74) is 7.79. The number of nitrogens with zero attached hydrogens (tertiary/aromatic N) is 2. The lowest BCUT2D eigenvalue weighted by atomic mass is 9.89. The van der Waals surface area contributed by atoms with E-state index in [1.807, 2.05) is 11.8 Å². The van der Waals surface area contributed by atoms with Crippen molar-refractivity contribution in [3.63, 3.8) is 0 Å². The van der Waals surface area contributed by atoms with Crippen LogP contribution in [0.25, 0.3) is 0 Å². The maximum atomic E-state index is 12.7. The molecule has 1 atom stereocenters. The van der Waals surface area contributed by atoms with Crippen molar-refractivity contribution in [2.45, 2.75) is 91.0 Å². The van der Waals surface area contributed by atoms with Gasteiger partial charge in [0.15, 0.2) is 0 Å². The van der Waals surface area contributed by atoms with Crippen molar-refractivity contribution in [3.05, 3.63) is 24.3 Å². The molecule has 0 aromatic heterocycles. The average molecular weight is 485 g/mol. The predicted octanol–water partition coefficient (Wildman–Crippen LogP) is 5.42. The summed E-state index contributed by atoms with van der Waals surface area (Å²) in [5.74, 6) is 1.30. The summed E-state index contributed by atoms with van der Waals surface area (Å²) in [6.45, 7) is 10.2. The number of anilines is 2. The van der Waals surface area contributed by atoms with Crippen LogP contribution in [-0.4, -0.2) is 48.9 Å². The minimum Gasteiger partial charge on any atom is -0.385 e. The van der Waals surface area contributed by atoms with Crippen molar-refractivity contribution in [1.29, 1.82) is 0 Å². The molecule has 6 heteroatoms. The van der Waals surface area contributed by atoms with Crippen LogP contribution >= 0.6 is 0 Å². The molecule has 3 rings (SSSR count). The van der Waals surface area contributed by atoms with Gasteiger partial charge in [0.05, 0.1) is 0 Å². The lowest BCUT2D eigenvalue weighted by molar-refractivity contribution is -0.133. The van der Waals surface area contributed by atoms with E-state index in [0.717, 1.165) is 51.4 Å². The van der Waals surface area contributed by atoms with Crippen LogP contribution < -0.4 is 16.0 Å². The van der Waals surface area contributed by atoms with Crippen LogP contribution in [0.5, 0.6) is 0 Å². The van der Waals surface area contributed by atoms with Crippen molar-refractivity contribution in [2.24, 2.45) is 23.5 Å². The fourth-order valence-electron chi connectivity index (χ4n) is 5.61. The zero-order valence-electron chi connectivity index (χ0n) is 22.3. The van der Waals surface area contributed by atoms with E-state index in [1.165, 1.54) is 43.5 Å². The van der Waals surface area contributed by atoms with E-state index in [4.69, 9.17) is 5.73 Å². The smallest absolute Gasteiger partial charge is 0.222 e. The molecule has 1 heterocycles. The first kappa shape index (κ1) is 27.3. The molecule has 35 heavy (non-hydrogen) atoms. The summed E-state index contributed by atoms with van der Waals surface area (Å²) in [7, 11) is 0. The van der Waals surface area contributed by atoms with Crippen LogP contribution in [0.2, 0.25) is 0 Å². The summed E-state index contributed by atoms with van der Waals surface area (Å²) >= 11 is 0. The number of benzene rings is 1. The summed E-state index contributed by atoms with van der Waals surface area (Å²) in [4.78, 5) is 28.4. The number of carbonyl (C=O) groups excluding carboxylic acids is 2. The first-order valence-corrected chi connectivity index (χ1v) is 14.0. The highest BCUT2D eigenvalue weighted by Gasteiger charge is 2.28. The maximum Gasteiger partial charge on any atom is 0.222 e. The van der Waals surface area contributed by atoms with E-state index >= 15 is 0 Å². The Morgan fingerprint density at radius 2 is 1.66 bits per heavy atom. The van der Waals surface area contributed by atoms with Gasteiger partial charge in [-0.25, -0.2) is 0 Å². The minimum absolute atomic E-state index is 0.00509. The minimum atomic E-state index is -0.333. The lowest BCUT2D eigenvalue weighted by Crippen LogP contribution is -2.47. The number of primary amides is 1. The summed E-state index contributed by atoms with van der Waals surface area (Å²) in [6, 6.07) is 9.46. The Morgan fingerprint density at radius 3 is 2.26 bits per heavy atom. The largest absolute Gasteiger partial charge is 0.385 e. The highest BCUT2D eigenvalue weighted by Crippen LogP contribution is 2.28. The molecule has 6 nitrogen and oxygen atoms in total. The second-order valence-electron chi connectivity index (χ2n) is 11.4. The molecule has 3 N–H and O–H groups in total. The molecule has 1 saturated carbocycles. The molecule has 1 aliphatic carbocycles. The van der Waals surface area contributed by atoms with Gasteiger partial charge in [-0.3, -0.25) is 9.59 Å². The van der Waals surface area contributed by atoms with E-state index in [1.54, 1.807) is 0 Å². The molecular formula is C29H48N4O2. The second kappa shape index (κ2) is 13.7. The Bertz CT molecular complexity index is 780. The predicted molar refractivity (Wildman–Crippen MR) is 146 cm³/mol. The zero-order chi connectivity index (χ0) is 25.2. The van der Waals surface area contributed by atoms with Gasteiger partial charge in [0.1, 0.15) is 0 Å².